The van der Waals surface area contributed by atoms with E-state index >= 15 is 0 Å². The number of ether oxygens (including phenoxy) is 2. The standard InChI is InChI=1S/C19H23N3O4/c1-3-25-15-10-7-13(11-16(15)26-4-2)17(19(23)24)22-14-8-5-12(6-9-14)18(20)21/h5-11,17,22H,3-4H2,1-2H3,(H3,20,21)(H,23,24)/t17-/m1/s1. The Hall–Kier alpha value is -3.22. The van der Waals surface area contributed by atoms with Gasteiger partial charge in [-0.05, 0) is 55.8 Å². The molecule has 5 N–H and O–H groups in total. The first-order valence-corrected chi connectivity index (χ1v) is 8.29. The Balaban J connectivity index is 2.30. The molecule has 1 atom stereocenters. The zero-order valence-electron chi connectivity index (χ0n) is 14.8. The van der Waals surface area contributed by atoms with Crippen LogP contribution in [0.15, 0.2) is 42.5 Å². The molecule has 138 valence electrons. The zero-order chi connectivity index (χ0) is 19.1. The molecule has 7 nitrogen and oxygen atoms in total. The number of anilines is 1. The fourth-order valence-electron chi connectivity index (χ4n) is 2.45. The van der Waals surface area contributed by atoms with E-state index < -0.39 is 12.0 Å². The van der Waals surface area contributed by atoms with Gasteiger partial charge in [0.1, 0.15) is 5.84 Å². The van der Waals surface area contributed by atoms with Crippen molar-refractivity contribution in [2.24, 2.45) is 5.73 Å². The zero-order valence-corrected chi connectivity index (χ0v) is 14.8. The third-order valence-corrected chi connectivity index (χ3v) is 3.65. The molecule has 0 amide bonds. The predicted molar refractivity (Wildman–Crippen MR) is 100 cm³/mol. The number of nitrogens with one attached hydrogen (secondary N) is 2. The Morgan fingerprint density at radius 3 is 2.27 bits per heavy atom. The molecule has 0 unspecified atom stereocenters. The van der Waals surface area contributed by atoms with Gasteiger partial charge in [0.25, 0.3) is 0 Å². The van der Waals surface area contributed by atoms with E-state index in [1.807, 2.05) is 13.8 Å². The molecule has 0 spiro atoms. The Morgan fingerprint density at radius 1 is 1.12 bits per heavy atom. The average molecular weight is 357 g/mol. The van der Waals surface area contributed by atoms with E-state index in [2.05, 4.69) is 5.32 Å². The molecule has 0 bridgehead atoms. The van der Waals surface area contributed by atoms with Crippen molar-refractivity contribution in [3.05, 3.63) is 53.6 Å². The van der Waals surface area contributed by atoms with Gasteiger partial charge in [-0.3, -0.25) is 5.41 Å². The summed E-state index contributed by atoms with van der Waals surface area (Å²) in [7, 11) is 0. The number of rotatable bonds is 9. The first-order chi connectivity index (χ1) is 12.5. The second-order valence-corrected chi connectivity index (χ2v) is 5.48. The van der Waals surface area contributed by atoms with Crippen LogP contribution in [-0.2, 0) is 4.79 Å². The van der Waals surface area contributed by atoms with Crippen LogP contribution in [0.25, 0.3) is 0 Å². The molecule has 2 aromatic carbocycles. The molecule has 26 heavy (non-hydrogen) atoms. The number of carboxylic acids is 1. The summed E-state index contributed by atoms with van der Waals surface area (Å²) in [4.78, 5) is 11.8. The van der Waals surface area contributed by atoms with Crippen LogP contribution in [0.1, 0.15) is 31.0 Å². The van der Waals surface area contributed by atoms with Crippen molar-refractivity contribution in [2.45, 2.75) is 19.9 Å². The van der Waals surface area contributed by atoms with Crippen molar-refractivity contribution in [2.75, 3.05) is 18.5 Å². The highest BCUT2D eigenvalue weighted by atomic mass is 16.5. The van der Waals surface area contributed by atoms with Crippen molar-refractivity contribution < 1.29 is 19.4 Å². The molecule has 0 aliphatic rings. The highest BCUT2D eigenvalue weighted by Crippen LogP contribution is 2.32. The van der Waals surface area contributed by atoms with Crippen molar-refractivity contribution >= 4 is 17.5 Å². The first-order valence-electron chi connectivity index (χ1n) is 8.29. The van der Waals surface area contributed by atoms with Gasteiger partial charge in [-0.15, -0.1) is 0 Å². The monoisotopic (exact) mass is 357 g/mol. The molecule has 0 fully saturated rings. The summed E-state index contributed by atoms with van der Waals surface area (Å²) >= 11 is 0. The van der Waals surface area contributed by atoms with Gasteiger partial charge in [0, 0.05) is 11.3 Å². The number of hydrogen-bond acceptors (Lipinski definition) is 5. The fourth-order valence-corrected chi connectivity index (χ4v) is 2.45. The van der Waals surface area contributed by atoms with Gasteiger partial charge in [-0.25, -0.2) is 4.79 Å². The third kappa shape index (κ3) is 4.66. The molecule has 0 aliphatic heterocycles. The molecule has 0 heterocycles. The Bertz CT molecular complexity index is 775. The van der Waals surface area contributed by atoms with Gasteiger partial charge in [0.05, 0.1) is 13.2 Å². The normalized spacial score (nSPS) is 11.5. The van der Waals surface area contributed by atoms with E-state index in [0.29, 0.717) is 41.5 Å². The lowest BCUT2D eigenvalue weighted by Crippen LogP contribution is -2.21. The predicted octanol–water partition coefficient (Wildman–Crippen LogP) is 3.01. The van der Waals surface area contributed by atoms with Crippen LogP contribution in [0.3, 0.4) is 0 Å². The summed E-state index contributed by atoms with van der Waals surface area (Å²) in [6, 6.07) is 10.8. The van der Waals surface area contributed by atoms with Gasteiger partial charge in [0.2, 0.25) is 0 Å². The molecule has 0 aromatic heterocycles. The molecule has 0 saturated heterocycles. The molecular weight excluding hydrogens is 334 g/mol. The van der Waals surface area contributed by atoms with Crippen LogP contribution in [0.2, 0.25) is 0 Å². The lowest BCUT2D eigenvalue weighted by Gasteiger charge is -2.19. The lowest BCUT2D eigenvalue weighted by molar-refractivity contribution is -0.138. The summed E-state index contributed by atoms with van der Waals surface area (Å²) in [6.45, 7) is 4.66. The van der Waals surface area contributed by atoms with E-state index in [9.17, 15) is 9.90 Å². The second kappa shape index (κ2) is 8.75. The number of nitrogens with two attached hydrogens (primary N) is 1. The average Bonchev–Trinajstić information content (AvgIpc) is 2.62. The molecule has 0 radical (unpaired) electrons. The minimum absolute atomic E-state index is 0.0424. The third-order valence-electron chi connectivity index (χ3n) is 3.65. The van der Waals surface area contributed by atoms with E-state index in [4.69, 9.17) is 20.6 Å². The molecule has 2 rings (SSSR count). The molecule has 0 aliphatic carbocycles. The van der Waals surface area contributed by atoms with Crippen LogP contribution in [-0.4, -0.2) is 30.1 Å². The highest BCUT2D eigenvalue weighted by Gasteiger charge is 2.21. The number of nitrogen functional groups attached to an aromatic ring is 1. The topological polar surface area (TPSA) is 118 Å². The Kier molecular flexibility index (Phi) is 6.43. The van der Waals surface area contributed by atoms with Gasteiger partial charge in [-0.2, -0.15) is 0 Å². The van der Waals surface area contributed by atoms with E-state index in [1.165, 1.54) is 0 Å². The number of hydrogen-bond donors (Lipinski definition) is 4. The maximum Gasteiger partial charge on any atom is 0.330 e. The highest BCUT2D eigenvalue weighted by molar-refractivity contribution is 5.95. The van der Waals surface area contributed by atoms with Crippen molar-refractivity contribution in [1.82, 2.24) is 0 Å². The minimum Gasteiger partial charge on any atom is -0.490 e. The Labute approximate surface area is 152 Å². The van der Waals surface area contributed by atoms with Gasteiger partial charge in [-0.1, -0.05) is 6.07 Å². The van der Waals surface area contributed by atoms with Crippen LogP contribution < -0.4 is 20.5 Å². The van der Waals surface area contributed by atoms with E-state index in [1.54, 1.807) is 42.5 Å². The molecular formula is C19H23N3O4. The first kappa shape index (κ1) is 19.1. The fraction of sp³-hybridized carbons (Fsp3) is 0.263. The van der Waals surface area contributed by atoms with Crippen molar-refractivity contribution in [3.8, 4) is 11.5 Å². The van der Waals surface area contributed by atoms with Crippen LogP contribution in [0.5, 0.6) is 11.5 Å². The number of amidine groups is 1. The summed E-state index contributed by atoms with van der Waals surface area (Å²) in [5.74, 6) is 0.0198. The van der Waals surface area contributed by atoms with Gasteiger partial charge in [0.15, 0.2) is 17.5 Å². The largest absolute Gasteiger partial charge is 0.490 e. The summed E-state index contributed by atoms with van der Waals surface area (Å²) in [5.41, 5.74) is 7.15. The maximum absolute atomic E-state index is 11.8. The minimum atomic E-state index is -1.02. The lowest BCUT2D eigenvalue weighted by atomic mass is 10.1. The SMILES string of the molecule is CCOc1ccc([C@@H](Nc2ccc(C(=N)N)cc2)C(=O)O)cc1OCC. The molecule has 7 heteroatoms. The summed E-state index contributed by atoms with van der Waals surface area (Å²) in [6.07, 6.45) is 0. The van der Waals surface area contributed by atoms with Crippen LogP contribution in [0, 0.1) is 5.41 Å². The van der Waals surface area contributed by atoms with E-state index in [-0.39, 0.29) is 5.84 Å². The quantitative estimate of drug-likeness (QED) is 0.405. The van der Waals surface area contributed by atoms with Crippen LogP contribution in [0.4, 0.5) is 5.69 Å². The van der Waals surface area contributed by atoms with Gasteiger partial charge < -0.3 is 25.6 Å². The Morgan fingerprint density at radius 2 is 1.73 bits per heavy atom. The maximum atomic E-state index is 11.8. The van der Waals surface area contributed by atoms with E-state index in [0.717, 1.165) is 0 Å². The number of carbonyl (C=O) groups is 1. The number of aliphatic carboxylic acids is 1. The molecule has 2 aromatic rings. The van der Waals surface area contributed by atoms with Crippen molar-refractivity contribution in [3.63, 3.8) is 0 Å². The molecule has 0 saturated carbocycles. The number of carboxylic acid groups (broad SMARTS) is 1. The van der Waals surface area contributed by atoms with Crippen molar-refractivity contribution in [1.29, 1.82) is 5.41 Å². The summed E-state index contributed by atoms with van der Waals surface area (Å²) in [5, 5.41) is 20.0. The number of benzene rings is 2. The second-order valence-electron chi connectivity index (χ2n) is 5.48. The smallest absolute Gasteiger partial charge is 0.330 e. The summed E-state index contributed by atoms with van der Waals surface area (Å²) < 4.78 is 11.1. The van der Waals surface area contributed by atoms with Crippen LogP contribution >= 0.6 is 0 Å². The van der Waals surface area contributed by atoms with Gasteiger partial charge >= 0.3 is 5.97 Å².